The summed E-state index contributed by atoms with van der Waals surface area (Å²) in [6.07, 6.45) is -0.591. The molecule has 6 nitrogen and oxygen atoms in total. The van der Waals surface area contributed by atoms with Gasteiger partial charge < -0.3 is 5.73 Å². The lowest BCUT2D eigenvalue weighted by molar-refractivity contribution is -0.132. The minimum absolute atomic E-state index is 0.00626. The Morgan fingerprint density at radius 2 is 2.19 bits per heavy atom. The molecule has 0 radical (unpaired) electrons. The maximum Gasteiger partial charge on any atom is 0.264 e. The van der Waals surface area contributed by atoms with Gasteiger partial charge in [-0.3, -0.25) is 19.0 Å². The molecule has 21 heavy (non-hydrogen) atoms. The molecular weight excluding hydrogens is 270 g/mol. The third kappa shape index (κ3) is 2.12. The van der Waals surface area contributed by atoms with Crippen LogP contribution in [0.5, 0.6) is 0 Å². The zero-order valence-corrected chi connectivity index (χ0v) is 11.3. The number of carbonyl (C=O) groups excluding carboxylic acids is 2. The van der Waals surface area contributed by atoms with Crippen molar-refractivity contribution in [2.24, 2.45) is 0 Å². The predicted octanol–water partition coefficient (Wildman–Crippen LogP) is 1.15. The average Bonchev–Trinajstić information content (AvgIpc) is 2.54. The summed E-state index contributed by atoms with van der Waals surface area (Å²) < 4.78 is 32.8. The van der Waals surface area contributed by atoms with Gasteiger partial charge in [-0.15, -0.1) is 0 Å². The van der Waals surface area contributed by atoms with Crippen LogP contribution in [0.3, 0.4) is 0 Å². The summed E-state index contributed by atoms with van der Waals surface area (Å²) in [5.74, 6) is -0.976. The van der Waals surface area contributed by atoms with Gasteiger partial charge in [0.2, 0.25) is 0 Å². The van der Waals surface area contributed by atoms with Crippen LogP contribution in [0.4, 0.5) is 5.69 Å². The van der Waals surface area contributed by atoms with Gasteiger partial charge in [0.15, 0.2) is 5.78 Å². The molecule has 0 bridgehead atoms. The number of hydrogen-bond donors (Lipinski definition) is 1. The number of nitrogen functional groups attached to an aromatic ring is 1. The Balaban J connectivity index is 2.41. The van der Waals surface area contributed by atoms with E-state index in [2.05, 4.69) is 4.98 Å². The van der Waals surface area contributed by atoms with Crippen molar-refractivity contribution < 1.29 is 15.1 Å². The lowest BCUT2D eigenvalue weighted by Crippen LogP contribution is -2.36. The molecule has 1 heterocycles. The summed E-state index contributed by atoms with van der Waals surface area (Å²) >= 11 is 0. The van der Waals surface area contributed by atoms with Gasteiger partial charge in [-0.2, -0.15) is 0 Å². The van der Waals surface area contributed by atoms with Crippen molar-refractivity contribution in [2.45, 2.75) is 32.2 Å². The first-order valence-corrected chi connectivity index (χ1v) is 6.43. The number of aryl methyl sites for hydroxylation is 1. The molecule has 1 aliphatic carbocycles. The second-order valence-corrected chi connectivity index (χ2v) is 4.90. The number of aromatic nitrogens is 2. The molecule has 1 atom stereocenters. The van der Waals surface area contributed by atoms with Crippen molar-refractivity contribution >= 4 is 28.2 Å². The van der Waals surface area contributed by atoms with Crippen molar-refractivity contribution in [2.75, 3.05) is 5.73 Å². The van der Waals surface area contributed by atoms with Gasteiger partial charge >= 0.3 is 0 Å². The summed E-state index contributed by atoms with van der Waals surface area (Å²) in [5, 5.41) is -0.257. The lowest BCUT2D eigenvalue weighted by atomic mass is 9.92. The number of nitrogens with zero attached hydrogens (tertiary/aromatic N) is 2. The van der Waals surface area contributed by atoms with E-state index in [4.69, 9.17) is 11.2 Å². The number of anilines is 1. The fourth-order valence-corrected chi connectivity index (χ4v) is 2.50. The van der Waals surface area contributed by atoms with Crippen molar-refractivity contribution in [3.05, 3.63) is 34.3 Å². The molecule has 0 aliphatic heterocycles. The van der Waals surface area contributed by atoms with Crippen LogP contribution in [0, 0.1) is 6.92 Å². The number of rotatable bonds is 1. The van der Waals surface area contributed by atoms with Crippen LogP contribution in [0.1, 0.15) is 36.6 Å². The smallest absolute Gasteiger partial charge is 0.264 e. The fraction of sp³-hybridized carbons (Fsp3) is 0.333. The van der Waals surface area contributed by atoms with Crippen molar-refractivity contribution in [3.8, 4) is 0 Å². The molecule has 1 unspecified atom stereocenters. The second-order valence-electron chi connectivity index (χ2n) is 4.90. The number of ketones is 2. The summed E-state index contributed by atoms with van der Waals surface area (Å²) in [6.45, 7) is 1.41. The maximum atomic E-state index is 13.0. The second kappa shape index (κ2) is 4.80. The Morgan fingerprint density at radius 3 is 2.90 bits per heavy atom. The molecule has 0 saturated heterocycles. The highest BCUT2D eigenvalue weighted by molar-refractivity contribution is 6.03. The van der Waals surface area contributed by atoms with Crippen LogP contribution in [0.25, 0.3) is 10.9 Å². The molecule has 3 rings (SSSR count). The van der Waals surface area contributed by atoms with Gasteiger partial charge in [0, 0.05) is 12.1 Å². The quantitative estimate of drug-likeness (QED) is 0.627. The first-order chi connectivity index (χ1) is 11.6. The van der Waals surface area contributed by atoms with E-state index < -0.39 is 41.9 Å². The summed E-state index contributed by atoms with van der Waals surface area (Å²) in [4.78, 5) is 40.9. The van der Waals surface area contributed by atoms with E-state index >= 15 is 0 Å². The summed E-state index contributed by atoms with van der Waals surface area (Å²) in [5.41, 5.74) is 4.52. The van der Waals surface area contributed by atoms with Gasteiger partial charge in [-0.05, 0) is 25.4 Å². The first-order valence-electron chi connectivity index (χ1n) is 8.43. The van der Waals surface area contributed by atoms with E-state index in [1.54, 1.807) is 0 Å². The molecule has 6 heteroatoms. The van der Waals surface area contributed by atoms with E-state index in [1.165, 1.54) is 6.92 Å². The Bertz CT molecular complexity index is 1020. The van der Waals surface area contributed by atoms with Crippen LogP contribution in [-0.2, 0) is 9.59 Å². The van der Waals surface area contributed by atoms with Gasteiger partial charge in [-0.25, -0.2) is 4.98 Å². The third-order valence-electron chi connectivity index (χ3n) is 3.49. The molecule has 1 aliphatic rings. The molecule has 108 valence electrons. The molecule has 0 amide bonds. The maximum absolute atomic E-state index is 13.0. The number of Topliss-reactive ketones (excluding diaryl/α,β-unsaturated/α-hetero) is 2. The van der Waals surface area contributed by atoms with Gasteiger partial charge in [0.1, 0.15) is 11.6 Å². The fourth-order valence-electron chi connectivity index (χ4n) is 2.50. The van der Waals surface area contributed by atoms with Crippen LogP contribution < -0.4 is 11.3 Å². The Hall–Kier alpha value is -2.50. The van der Waals surface area contributed by atoms with Crippen LogP contribution in [0.2, 0.25) is 0 Å². The molecule has 1 fully saturated rings. The van der Waals surface area contributed by atoms with E-state index in [9.17, 15) is 14.4 Å². The first kappa shape index (κ1) is 9.44. The number of carbonyl (C=O) groups is 2. The molecule has 1 aromatic carbocycles. The predicted molar refractivity (Wildman–Crippen MR) is 78.1 cm³/mol. The Labute approximate surface area is 126 Å². The Morgan fingerprint density at radius 1 is 1.43 bits per heavy atom. The van der Waals surface area contributed by atoms with Gasteiger partial charge in [0.05, 0.1) is 28.8 Å². The largest absolute Gasteiger partial charge is 0.398 e. The molecule has 2 N–H and O–H groups in total. The van der Waals surface area contributed by atoms with Crippen molar-refractivity contribution in [3.63, 3.8) is 0 Å². The number of hydrogen-bond acceptors (Lipinski definition) is 5. The minimum Gasteiger partial charge on any atom is -0.398 e. The standard InChI is InChI=1S/C15H15N3O3/c1-8-17-11-4-2-3-10(16)14(11)15(21)18(8)12-6-5-9(19)7-13(12)20/h2-4,12H,5-7,16H2,1H3/i2D,3D,4D,12D. The van der Waals surface area contributed by atoms with Crippen molar-refractivity contribution in [1.29, 1.82) is 0 Å². The molecule has 1 saturated carbocycles. The van der Waals surface area contributed by atoms with Crippen LogP contribution in [0.15, 0.2) is 22.9 Å². The average molecular weight is 289 g/mol. The van der Waals surface area contributed by atoms with E-state index in [0.29, 0.717) is 0 Å². The zero-order chi connectivity index (χ0) is 18.7. The van der Waals surface area contributed by atoms with Crippen LogP contribution >= 0.6 is 0 Å². The zero-order valence-electron chi connectivity index (χ0n) is 15.3. The number of nitrogens with two attached hydrogens (primary N) is 1. The molecule has 0 spiro atoms. The summed E-state index contributed by atoms with van der Waals surface area (Å²) in [7, 11) is 0. The van der Waals surface area contributed by atoms with E-state index in [0.717, 1.165) is 4.57 Å². The monoisotopic (exact) mass is 289 g/mol. The van der Waals surface area contributed by atoms with Gasteiger partial charge in [0.25, 0.3) is 5.56 Å². The SMILES string of the molecule is [2H]c1c([2H])c(N)c2c(=O)n(C3([2H])CCC(=O)CC3=O)c(C)nc2c1[2H]. The molecule has 2 aromatic rings. The van der Waals surface area contributed by atoms with E-state index in [-0.39, 0.29) is 41.0 Å². The van der Waals surface area contributed by atoms with Crippen LogP contribution in [-0.4, -0.2) is 21.1 Å². The highest BCUT2D eigenvalue weighted by Gasteiger charge is 2.30. The topological polar surface area (TPSA) is 95.0 Å². The molecular formula is C15H15N3O3. The van der Waals surface area contributed by atoms with Crippen molar-refractivity contribution in [1.82, 2.24) is 9.55 Å². The van der Waals surface area contributed by atoms with E-state index in [1.807, 2.05) is 0 Å². The summed E-state index contributed by atoms with van der Waals surface area (Å²) in [6, 6.07) is -3.32. The third-order valence-corrected chi connectivity index (χ3v) is 3.49. The highest BCUT2D eigenvalue weighted by Crippen LogP contribution is 2.24. The van der Waals surface area contributed by atoms with Gasteiger partial charge in [-0.1, -0.05) is 6.04 Å². The lowest BCUT2D eigenvalue weighted by Gasteiger charge is -2.24. The number of benzene rings is 1. The Kier molecular flexibility index (Phi) is 2.16. The highest BCUT2D eigenvalue weighted by atomic mass is 16.2. The molecule has 1 aromatic heterocycles. The minimum atomic E-state index is -1.98. The number of fused-ring (bicyclic) bond motifs is 1. The normalized spacial score (nSPS) is 25.4.